The molecule has 2 aromatic carbocycles. The lowest BCUT2D eigenvalue weighted by molar-refractivity contribution is 0.229. The number of aromatic nitrogens is 7. The number of ether oxygens (including phenoxy) is 3. The summed E-state index contributed by atoms with van der Waals surface area (Å²) in [5.74, 6) is 2.61. The average Bonchev–Trinajstić information content (AvgIpc) is 3.46. The summed E-state index contributed by atoms with van der Waals surface area (Å²) in [6.45, 7) is 5.37. The summed E-state index contributed by atoms with van der Waals surface area (Å²) in [6, 6.07) is 13.2. The van der Waals surface area contributed by atoms with Crippen LogP contribution in [-0.2, 0) is 24.9 Å². The molecule has 2 aromatic heterocycles. The highest BCUT2D eigenvalue weighted by atomic mass is 32.1. The molecule has 0 saturated heterocycles. The number of para-hydroxylation sites is 1. The Morgan fingerprint density at radius 1 is 1.06 bits per heavy atom. The summed E-state index contributed by atoms with van der Waals surface area (Å²) < 4.78 is 18.7. The molecule has 0 amide bonds. The third kappa shape index (κ3) is 6.13. The van der Waals surface area contributed by atoms with E-state index < -0.39 is 0 Å². The Balaban J connectivity index is 1.22. The maximum Gasteiger partial charge on any atom is 0.358 e. The smallest absolute Gasteiger partial charge is 0.358 e. The molecule has 0 saturated carbocycles. The fourth-order valence-corrected chi connectivity index (χ4v) is 3.51. The number of benzene rings is 2. The molecule has 34 heavy (non-hydrogen) atoms. The van der Waals surface area contributed by atoms with Gasteiger partial charge in [0.05, 0.1) is 13.7 Å². The molecule has 0 aliphatic carbocycles. The normalized spacial score (nSPS) is 10.8. The van der Waals surface area contributed by atoms with Crippen molar-refractivity contribution in [3.8, 4) is 22.9 Å². The summed E-state index contributed by atoms with van der Waals surface area (Å²) in [5, 5.41) is 16.7. The van der Waals surface area contributed by atoms with Gasteiger partial charge in [-0.3, -0.25) is 4.68 Å². The van der Waals surface area contributed by atoms with Crippen molar-refractivity contribution in [3.63, 3.8) is 0 Å². The zero-order valence-corrected chi connectivity index (χ0v) is 20.0. The first-order valence-electron chi connectivity index (χ1n) is 10.7. The van der Waals surface area contributed by atoms with Crippen LogP contribution in [0.1, 0.15) is 23.4 Å². The van der Waals surface area contributed by atoms with E-state index in [2.05, 4.69) is 25.5 Å². The Morgan fingerprint density at radius 3 is 2.53 bits per heavy atom. The van der Waals surface area contributed by atoms with E-state index in [4.69, 9.17) is 26.4 Å². The summed E-state index contributed by atoms with van der Waals surface area (Å²) in [6.07, 6.45) is 2.44. The van der Waals surface area contributed by atoms with Gasteiger partial charge in [0, 0.05) is 30.7 Å². The predicted octanol–water partition coefficient (Wildman–Crippen LogP) is 3.44. The molecule has 0 fully saturated rings. The molecule has 0 atom stereocenters. The maximum absolute atomic E-state index is 6.05. The van der Waals surface area contributed by atoms with Crippen molar-refractivity contribution in [2.75, 3.05) is 6.61 Å². The van der Waals surface area contributed by atoms with Crippen LogP contribution in [0.3, 0.4) is 0 Å². The Kier molecular flexibility index (Phi) is 7.43. The monoisotopic (exact) mass is 479 g/mol. The number of tetrazole rings is 1. The minimum Gasteiger partial charge on any atom is -0.493 e. The number of hydrogen-bond donors (Lipinski definition) is 0. The highest BCUT2D eigenvalue weighted by molar-refractivity contribution is 7.79. The van der Waals surface area contributed by atoms with E-state index in [1.54, 1.807) is 30.2 Å². The molecule has 4 aromatic rings. The Bertz CT molecular complexity index is 1230. The summed E-state index contributed by atoms with van der Waals surface area (Å²) in [7, 11) is 1.74. The number of thiocarbonyl (C=S) groups is 1. The van der Waals surface area contributed by atoms with Crippen molar-refractivity contribution in [2.45, 2.75) is 33.4 Å². The number of hydrogen-bond acceptors (Lipinski definition) is 9. The molecule has 0 unspecified atom stereocenters. The molecule has 10 nitrogen and oxygen atoms in total. The van der Waals surface area contributed by atoms with Crippen molar-refractivity contribution in [3.05, 3.63) is 65.7 Å². The molecule has 0 spiro atoms. The van der Waals surface area contributed by atoms with E-state index in [0.717, 1.165) is 28.9 Å². The van der Waals surface area contributed by atoms with E-state index in [0.29, 0.717) is 30.5 Å². The Morgan fingerprint density at radius 2 is 1.82 bits per heavy atom. The third-order valence-corrected chi connectivity index (χ3v) is 5.05. The van der Waals surface area contributed by atoms with Crippen LogP contribution in [0.4, 0.5) is 0 Å². The van der Waals surface area contributed by atoms with Crippen LogP contribution in [0.5, 0.6) is 11.5 Å². The highest BCUT2D eigenvalue weighted by Gasteiger charge is 2.11. The summed E-state index contributed by atoms with van der Waals surface area (Å²) in [5.41, 5.74) is 2.97. The van der Waals surface area contributed by atoms with Crippen LogP contribution in [0, 0.1) is 13.8 Å². The second-order valence-electron chi connectivity index (χ2n) is 7.62. The first-order chi connectivity index (χ1) is 16.5. The van der Waals surface area contributed by atoms with Gasteiger partial charge in [-0.2, -0.15) is 9.90 Å². The van der Waals surface area contributed by atoms with E-state index in [-0.39, 0.29) is 11.8 Å². The summed E-state index contributed by atoms with van der Waals surface area (Å²) in [4.78, 5) is 5.70. The van der Waals surface area contributed by atoms with Crippen molar-refractivity contribution >= 4 is 17.5 Å². The van der Waals surface area contributed by atoms with Crippen LogP contribution in [-0.4, -0.2) is 46.8 Å². The molecule has 0 radical (unpaired) electrons. The molecule has 0 N–H and O–H groups in total. The van der Waals surface area contributed by atoms with Gasteiger partial charge in [0.15, 0.2) is 12.4 Å². The first kappa shape index (κ1) is 23.3. The fraction of sp³-hybridized carbons (Fsp3) is 0.304. The maximum atomic E-state index is 6.05. The van der Waals surface area contributed by atoms with Gasteiger partial charge in [0.25, 0.3) is 0 Å². The van der Waals surface area contributed by atoms with Crippen LogP contribution < -0.4 is 9.47 Å². The van der Waals surface area contributed by atoms with Gasteiger partial charge in [-0.1, -0.05) is 18.2 Å². The van der Waals surface area contributed by atoms with E-state index >= 15 is 0 Å². The highest BCUT2D eigenvalue weighted by Crippen LogP contribution is 2.28. The van der Waals surface area contributed by atoms with Gasteiger partial charge >= 0.3 is 5.24 Å². The van der Waals surface area contributed by atoms with Crippen molar-refractivity contribution in [1.82, 2.24) is 35.0 Å². The molecule has 2 heterocycles. The van der Waals surface area contributed by atoms with Crippen molar-refractivity contribution in [2.24, 2.45) is 7.05 Å². The zero-order chi connectivity index (χ0) is 23.9. The minimum absolute atomic E-state index is 0.0304. The van der Waals surface area contributed by atoms with Gasteiger partial charge in [-0.05, 0) is 54.5 Å². The van der Waals surface area contributed by atoms with Crippen LogP contribution in [0.2, 0.25) is 0 Å². The topological polar surface area (TPSA) is 102 Å². The van der Waals surface area contributed by atoms with Gasteiger partial charge in [-0.15, -0.1) is 10.2 Å². The Hall–Kier alpha value is -3.86. The van der Waals surface area contributed by atoms with E-state index in [1.807, 2.05) is 44.2 Å². The SMILES string of the molecule is Cc1cc(-c2nnn(C)n2)cc(C)c1OCCCn1cnc(COC(=S)Oc2ccccc2)n1. The first-order valence-corrected chi connectivity index (χ1v) is 11.1. The van der Waals surface area contributed by atoms with E-state index in [9.17, 15) is 0 Å². The van der Waals surface area contributed by atoms with Crippen LogP contribution in [0.15, 0.2) is 48.8 Å². The largest absolute Gasteiger partial charge is 0.493 e. The Labute approximate surface area is 202 Å². The molecular weight excluding hydrogens is 454 g/mol. The molecular formula is C23H25N7O3S. The molecule has 0 aliphatic rings. The predicted molar refractivity (Wildman–Crippen MR) is 128 cm³/mol. The molecule has 4 rings (SSSR count). The lowest BCUT2D eigenvalue weighted by Gasteiger charge is -2.13. The van der Waals surface area contributed by atoms with Crippen LogP contribution in [0.25, 0.3) is 11.4 Å². The molecule has 11 heteroatoms. The molecule has 0 aliphatic heterocycles. The number of nitrogens with zero attached hydrogens (tertiary/aromatic N) is 7. The molecule has 0 bridgehead atoms. The van der Waals surface area contributed by atoms with Crippen molar-refractivity contribution < 1.29 is 14.2 Å². The number of aryl methyl sites for hydroxylation is 4. The van der Waals surface area contributed by atoms with Gasteiger partial charge in [-0.25, -0.2) is 4.98 Å². The second-order valence-corrected chi connectivity index (χ2v) is 7.95. The number of rotatable bonds is 9. The quantitative estimate of drug-likeness (QED) is 0.264. The zero-order valence-electron chi connectivity index (χ0n) is 19.2. The molecule has 176 valence electrons. The lowest BCUT2D eigenvalue weighted by Crippen LogP contribution is -2.11. The van der Waals surface area contributed by atoms with Gasteiger partial charge in [0.1, 0.15) is 17.8 Å². The van der Waals surface area contributed by atoms with Crippen LogP contribution >= 0.6 is 12.2 Å². The lowest BCUT2D eigenvalue weighted by atomic mass is 10.1. The summed E-state index contributed by atoms with van der Waals surface area (Å²) >= 11 is 5.10. The van der Waals surface area contributed by atoms with E-state index in [1.165, 1.54) is 4.80 Å². The minimum atomic E-state index is 0.0304. The average molecular weight is 480 g/mol. The van der Waals surface area contributed by atoms with Gasteiger partial charge < -0.3 is 14.2 Å². The standard InChI is InChI=1S/C23H25N7O3S/c1-16-12-18(22-25-28-29(3)27-22)13-17(2)21(16)31-11-7-10-30-15-24-20(26-30)14-32-23(34)33-19-8-5-4-6-9-19/h4-6,8-9,12-13,15H,7,10-11,14H2,1-3H3. The van der Waals surface area contributed by atoms with Gasteiger partial charge in [0.2, 0.25) is 5.82 Å². The second kappa shape index (κ2) is 10.8. The van der Waals surface area contributed by atoms with Crippen molar-refractivity contribution in [1.29, 1.82) is 0 Å². The third-order valence-electron chi connectivity index (χ3n) is 4.85. The fourth-order valence-electron chi connectivity index (χ4n) is 3.35.